The summed E-state index contributed by atoms with van der Waals surface area (Å²) >= 11 is 0. The average Bonchev–Trinajstić information content (AvgIpc) is 2.03. The van der Waals surface area contributed by atoms with Crippen LogP contribution in [0.15, 0.2) is 12.1 Å². The Bertz CT molecular complexity index is 285. The van der Waals surface area contributed by atoms with Crippen molar-refractivity contribution < 1.29 is 10.0 Å². The minimum absolute atomic E-state index is 0.576. The normalized spacial score (nSPS) is 10.2. The van der Waals surface area contributed by atoms with E-state index < -0.39 is 7.12 Å². The summed E-state index contributed by atoms with van der Waals surface area (Å²) < 4.78 is 0. The lowest BCUT2D eigenvalue weighted by Gasteiger charge is -2.10. The minimum Gasteiger partial charge on any atom is -0.423 e. The Morgan fingerprint density at radius 1 is 1.15 bits per heavy atom. The molecule has 0 unspecified atom stereocenters. The summed E-state index contributed by atoms with van der Waals surface area (Å²) in [5, 5.41) is 18.0. The molecular weight excluding hydrogens is 163 g/mol. The topological polar surface area (TPSA) is 40.5 Å². The van der Waals surface area contributed by atoms with Gasteiger partial charge in [0.2, 0.25) is 0 Å². The second-order valence-corrected chi connectivity index (χ2v) is 3.36. The van der Waals surface area contributed by atoms with Crippen molar-refractivity contribution in [3.05, 3.63) is 28.8 Å². The van der Waals surface area contributed by atoms with Gasteiger partial charge in [-0.1, -0.05) is 19.1 Å². The molecule has 3 heteroatoms. The van der Waals surface area contributed by atoms with Crippen molar-refractivity contribution in [2.24, 2.45) is 0 Å². The molecule has 70 valence electrons. The van der Waals surface area contributed by atoms with Gasteiger partial charge in [0.25, 0.3) is 0 Å². The van der Waals surface area contributed by atoms with Gasteiger partial charge in [-0.15, -0.1) is 0 Å². The van der Waals surface area contributed by atoms with Crippen LogP contribution in [0.3, 0.4) is 0 Å². The fourth-order valence-corrected chi connectivity index (χ4v) is 1.73. The summed E-state index contributed by atoms with van der Waals surface area (Å²) in [7, 11) is -1.36. The first-order valence-corrected chi connectivity index (χ1v) is 4.52. The molecule has 0 bridgehead atoms. The highest BCUT2D eigenvalue weighted by Crippen LogP contribution is 2.12. The molecule has 0 atom stereocenters. The van der Waals surface area contributed by atoms with Gasteiger partial charge in [-0.05, 0) is 42.4 Å². The van der Waals surface area contributed by atoms with Gasteiger partial charge < -0.3 is 10.0 Å². The van der Waals surface area contributed by atoms with Gasteiger partial charge in [0.05, 0.1) is 0 Å². The third kappa shape index (κ3) is 2.11. The van der Waals surface area contributed by atoms with E-state index in [1.807, 2.05) is 26.0 Å². The highest BCUT2D eigenvalue weighted by atomic mass is 16.4. The fourth-order valence-electron chi connectivity index (χ4n) is 1.73. The van der Waals surface area contributed by atoms with E-state index in [9.17, 15) is 0 Å². The van der Waals surface area contributed by atoms with E-state index in [2.05, 4.69) is 6.92 Å². The number of rotatable bonds is 2. The molecule has 0 aliphatic heterocycles. The van der Waals surface area contributed by atoms with Gasteiger partial charge in [-0.3, -0.25) is 0 Å². The first-order valence-electron chi connectivity index (χ1n) is 4.52. The van der Waals surface area contributed by atoms with Crippen LogP contribution in [0.2, 0.25) is 0 Å². The summed E-state index contributed by atoms with van der Waals surface area (Å²) in [6.07, 6.45) is 0.986. The number of aryl methyl sites for hydroxylation is 2. The van der Waals surface area contributed by atoms with Crippen molar-refractivity contribution in [1.82, 2.24) is 0 Å². The van der Waals surface area contributed by atoms with E-state index in [1.165, 1.54) is 5.56 Å². The molecule has 1 rings (SSSR count). The zero-order valence-electron chi connectivity index (χ0n) is 8.33. The largest absolute Gasteiger partial charge is 0.488 e. The highest BCUT2D eigenvalue weighted by Gasteiger charge is 2.13. The lowest BCUT2D eigenvalue weighted by atomic mass is 9.77. The van der Waals surface area contributed by atoms with Crippen molar-refractivity contribution in [2.45, 2.75) is 27.2 Å². The van der Waals surface area contributed by atoms with Crippen molar-refractivity contribution in [3.63, 3.8) is 0 Å². The van der Waals surface area contributed by atoms with Gasteiger partial charge in [-0.25, -0.2) is 0 Å². The molecule has 2 N–H and O–H groups in total. The molecule has 2 nitrogen and oxygen atoms in total. The third-order valence-electron chi connectivity index (χ3n) is 2.37. The molecule has 0 aliphatic carbocycles. The lowest BCUT2D eigenvalue weighted by molar-refractivity contribution is 0.425. The van der Waals surface area contributed by atoms with E-state index in [1.54, 1.807) is 0 Å². The molecule has 0 fully saturated rings. The van der Waals surface area contributed by atoms with Gasteiger partial charge >= 0.3 is 7.12 Å². The molecule has 1 aromatic carbocycles. The van der Waals surface area contributed by atoms with Crippen LogP contribution in [0.5, 0.6) is 0 Å². The molecule has 0 heterocycles. The van der Waals surface area contributed by atoms with Crippen LogP contribution in [0.4, 0.5) is 0 Å². The van der Waals surface area contributed by atoms with E-state index in [4.69, 9.17) is 10.0 Å². The van der Waals surface area contributed by atoms with Crippen LogP contribution in [0.1, 0.15) is 23.6 Å². The first kappa shape index (κ1) is 10.3. The van der Waals surface area contributed by atoms with Crippen LogP contribution in [-0.2, 0) is 6.42 Å². The molecule has 0 spiro atoms. The third-order valence-corrected chi connectivity index (χ3v) is 2.37. The standard InChI is InChI=1S/C10H15BO2/c1-4-10-7(2)5-9(11(12)13)6-8(10)3/h5-6,12-13H,4H2,1-3H3. The summed E-state index contributed by atoms with van der Waals surface area (Å²) in [5.41, 5.74) is 4.13. The van der Waals surface area contributed by atoms with E-state index in [0.29, 0.717) is 5.46 Å². The molecule has 0 aliphatic rings. The van der Waals surface area contributed by atoms with Crippen LogP contribution < -0.4 is 5.46 Å². The zero-order valence-corrected chi connectivity index (χ0v) is 8.33. The molecule has 0 saturated carbocycles. The van der Waals surface area contributed by atoms with Crippen LogP contribution in [0, 0.1) is 13.8 Å². The summed E-state index contributed by atoms with van der Waals surface area (Å²) in [6.45, 7) is 6.10. The Morgan fingerprint density at radius 3 is 1.92 bits per heavy atom. The minimum atomic E-state index is -1.36. The van der Waals surface area contributed by atoms with E-state index in [-0.39, 0.29) is 0 Å². The maximum absolute atomic E-state index is 8.99. The maximum Gasteiger partial charge on any atom is 0.488 e. The Hall–Kier alpha value is -0.795. The van der Waals surface area contributed by atoms with Gasteiger partial charge in [0.1, 0.15) is 0 Å². The molecule has 13 heavy (non-hydrogen) atoms. The van der Waals surface area contributed by atoms with Crippen molar-refractivity contribution in [1.29, 1.82) is 0 Å². The lowest BCUT2D eigenvalue weighted by Crippen LogP contribution is -2.30. The molecular formula is C10H15BO2. The van der Waals surface area contributed by atoms with E-state index >= 15 is 0 Å². The Labute approximate surface area is 79.4 Å². The van der Waals surface area contributed by atoms with Crippen LogP contribution >= 0.6 is 0 Å². The quantitative estimate of drug-likeness (QED) is 0.649. The van der Waals surface area contributed by atoms with Gasteiger partial charge in [0.15, 0.2) is 0 Å². The summed E-state index contributed by atoms with van der Waals surface area (Å²) in [5.74, 6) is 0. The van der Waals surface area contributed by atoms with Crippen molar-refractivity contribution >= 4 is 12.6 Å². The second-order valence-electron chi connectivity index (χ2n) is 3.36. The molecule has 1 aromatic rings. The van der Waals surface area contributed by atoms with Crippen LogP contribution in [-0.4, -0.2) is 17.2 Å². The summed E-state index contributed by atoms with van der Waals surface area (Å²) in [6, 6.07) is 3.66. The first-order chi connectivity index (χ1) is 6.06. The monoisotopic (exact) mass is 178 g/mol. The highest BCUT2D eigenvalue weighted by molar-refractivity contribution is 6.58. The van der Waals surface area contributed by atoms with Crippen LogP contribution in [0.25, 0.3) is 0 Å². The zero-order chi connectivity index (χ0) is 10.0. The second kappa shape index (κ2) is 3.94. The fraction of sp³-hybridized carbons (Fsp3) is 0.400. The van der Waals surface area contributed by atoms with Gasteiger partial charge in [-0.2, -0.15) is 0 Å². The van der Waals surface area contributed by atoms with Crippen molar-refractivity contribution in [2.75, 3.05) is 0 Å². The Morgan fingerprint density at radius 2 is 1.62 bits per heavy atom. The molecule has 0 aromatic heterocycles. The predicted octanol–water partition coefficient (Wildman–Crippen LogP) is 0.546. The predicted molar refractivity (Wildman–Crippen MR) is 55.1 cm³/mol. The number of benzene rings is 1. The molecule has 0 radical (unpaired) electrons. The Balaban J connectivity index is 3.20. The average molecular weight is 178 g/mol. The van der Waals surface area contributed by atoms with Crippen molar-refractivity contribution in [3.8, 4) is 0 Å². The number of hydrogen-bond donors (Lipinski definition) is 2. The molecule has 0 saturated heterocycles. The van der Waals surface area contributed by atoms with E-state index in [0.717, 1.165) is 17.5 Å². The number of hydrogen-bond acceptors (Lipinski definition) is 2. The van der Waals surface area contributed by atoms with Gasteiger partial charge in [0, 0.05) is 0 Å². The molecule has 0 amide bonds. The Kier molecular flexibility index (Phi) is 3.12. The SMILES string of the molecule is CCc1c(C)cc(B(O)O)cc1C. The maximum atomic E-state index is 8.99. The smallest absolute Gasteiger partial charge is 0.423 e. The summed E-state index contributed by atoms with van der Waals surface area (Å²) in [4.78, 5) is 0.